The highest BCUT2D eigenvalue weighted by molar-refractivity contribution is 5.98. The molecule has 15 heavy (non-hydrogen) atoms. The van der Waals surface area contributed by atoms with Crippen molar-refractivity contribution in [3.05, 3.63) is 36.2 Å². The van der Waals surface area contributed by atoms with Crippen molar-refractivity contribution in [1.29, 1.82) is 0 Å². The summed E-state index contributed by atoms with van der Waals surface area (Å²) in [5.41, 5.74) is 2.19. The Balaban J connectivity index is 2.44. The van der Waals surface area contributed by atoms with Crippen molar-refractivity contribution >= 4 is 5.78 Å². The molecule has 0 N–H and O–H groups in total. The molecule has 0 aliphatic heterocycles. The highest BCUT2D eigenvalue weighted by Gasteiger charge is 2.32. The summed E-state index contributed by atoms with van der Waals surface area (Å²) in [5.74, 6) is 0.282. The molecule has 0 spiro atoms. The Morgan fingerprint density at radius 3 is 2.93 bits per heavy atom. The minimum atomic E-state index is 0.0986. The van der Waals surface area contributed by atoms with E-state index in [4.69, 9.17) is 0 Å². The number of Topliss-reactive ketones (excluding diaryl/α,β-unsaturated/α-hetero) is 1. The number of nitrogens with zero attached hydrogens (tertiary/aromatic N) is 1. The first kappa shape index (κ1) is 10.2. The Morgan fingerprint density at radius 1 is 1.53 bits per heavy atom. The van der Waals surface area contributed by atoms with Crippen molar-refractivity contribution in [2.45, 2.75) is 33.2 Å². The highest BCUT2D eigenvalue weighted by atomic mass is 16.1. The summed E-state index contributed by atoms with van der Waals surface area (Å²) in [7, 11) is 0. The fourth-order valence-corrected chi connectivity index (χ4v) is 2.31. The van der Waals surface area contributed by atoms with Crippen molar-refractivity contribution in [3.63, 3.8) is 0 Å². The van der Waals surface area contributed by atoms with Crippen molar-refractivity contribution in [1.82, 2.24) is 4.57 Å². The normalized spacial score (nSPS) is 18.7. The predicted molar refractivity (Wildman–Crippen MR) is 61.1 cm³/mol. The lowest BCUT2D eigenvalue weighted by atomic mass is 9.76. The maximum Gasteiger partial charge on any atom is 0.165 e. The molecule has 0 atom stereocenters. The zero-order chi connectivity index (χ0) is 11.1. The Morgan fingerprint density at radius 2 is 2.27 bits per heavy atom. The van der Waals surface area contributed by atoms with Crippen LogP contribution in [-0.2, 0) is 13.0 Å². The van der Waals surface area contributed by atoms with Gasteiger partial charge in [0, 0.05) is 30.4 Å². The first-order valence-electron chi connectivity index (χ1n) is 5.35. The van der Waals surface area contributed by atoms with E-state index >= 15 is 0 Å². The molecule has 0 unspecified atom stereocenters. The van der Waals surface area contributed by atoms with Crippen LogP contribution in [0.3, 0.4) is 0 Å². The van der Waals surface area contributed by atoms with E-state index in [1.165, 1.54) is 5.69 Å². The SMILES string of the molecule is C=CCn1ccc2c1CC(C)(C)CC2=O. The Hall–Kier alpha value is -1.31. The molecule has 1 aromatic heterocycles. The van der Waals surface area contributed by atoms with Crippen LogP contribution in [0.5, 0.6) is 0 Å². The fourth-order valence-electron chi connectivity index (χ4n) is 2.31. The van der Waals surface area contributed by atoms with Crippen LogP contribution in [0.1, 0.15) is 36.3 Å². The van der Waals surface area contributed by atoms with Crippen molar-refractivity contribution in [2.75, 3.05) is 0 Å². The van der Waals surface area contributed by atoms with Crippen molar-refractivity contribution in [3.8, 4) is 0 Å². The summed E-state index contributed by atoms with van der Waals surface area (Å²) in [6.07, 6.45) is 5.50. The van der Waals surface area contributed by atoms with E-state index in [9.17, 15) is 4.79 Å². The molecule has 0 fully saturated rings. The number of rotatable bonds is 2. The number of ketones is 1. The number of carbonyl (C=O) groups is 1. The van der Waals surface area contributed by atoms with Crippen molar-refractivity contribution in [2.24, 2.45) is 5.41 Å². The molecule has 0 radical (unpaired) electrons. The van der Waals surface area contributed by atoms with Crippen LogP contribution >= 0.6 is 0 Å². The third kappa shape index (κ3) is 1.76. The minimum Gasteiger partial charge on any atom is -0.347 e. The molecule has 1 aliphatic rings. The molecule has 1 aliphatic carbocycles. The average molecular weight is 203 g/mol. The second-order valence-electron chi connectivity index (χ2n) is 5.06. The van der Waals surface area contributed by atoms with E-state index < -0.39 is 0 Å². The van der Waals surface area contributed by atoms with Crippen LogP contribution in [0, 0.1) is 5.41 Å². The molecular weight excluding hydrogens is 186 g/mol. The number of aromatic nitrogens is 1. The summed E-state index contributed by atoms with van der Waals surface area (Å²) in [6, 6.07) is 1.94. The molecule has 1 aromatic rings. The highest BCUT2D eigenvalue weighted by Crippen LogP contribution is 2.35. The topological polar surface area (TPSA) is 22.0 Å². The lowest BCUT2D eigenvalue weighted by Crippen LogP contribution is -2.27. The number of fused-ring (bicyclic) bond motifs is 1. The standard InChI is InChI=1S/C13H17NO/c1-4-6-14-7-5-10-11(14)8-13(2,3)9-12(10)15/h4-5,7H,1,6,8-9H2,2-3H3. The Bertz CT molecular complexity index is 412. The van der Waals surface area contributed by atoms with E-state index in [2.05, 4.69) is 25.0 Å². The van der Waals surface area contributed by atoms with Gasteiger partial charge in [-0.05, 0) is 17.9 Å². The van der Waals surface area contributed by atoms with Gasteiger partial charge in [0.1, 0.15) is 0 Å². The van der Waals surface area contributed by atoms with Crippen LogP contribution in [0.15, 0.2) is 24.9 Å². The zero-order valence-corrected chi connectivity index (χ0v) is 9.42. The van der Waals surface area contributed by atoms with Gasteiger partial charge >= 0.3 is 0 Å². The molecular formula is C13H17NO. The maximum absolute atomic E-state index is 11.9. The van der Waals surface area contributed by atoms with Crippen molar-refractivity contribution < 1.29 is 4.79 Å². The first-order valence-corrected chi connectivity index (χ1v) is 5.35. The summed E-state index contributed by atoms with van der Waals surface area (Å²) < 4.78 is 2.13. The van der Waals surface area contributed by atoms with Gasteiger partial charge in [-0.25, -0.2) is 0 Å². The van der Waals surface area contributed by atoms with E-state index in [-0.39, 0.29) is 11.2 Å². The monoisotopic (exact) mass is 203 g/mol. The maximum atomic E-state index is 11.9. The van der Waals surface area contributed by atoms with Crippen LogP contribution < -0.4 is 0 Å². The number of allylic oxidation sites excluding steroid dienone is 1. The second-order valence-corrected chi connectivity index (χ2v) is 5.06. The van der Waals surface area contributed by atoms with E-state index in [1.807, 2.05) is 18.3 Å². The average Bonchev–Trinajstić information content (AvgIpc) is 2.47. The third-order valence-electron chi connectivity index (χ3n) is 2.99. The largest absolute Gasteiger partial charge is 0.347 e. The van der Waals surface area contributed by atoms with Crippen LogP contribution in [0.25, 0.3) is 0 Å². The van der Waals surface area contributed by atoms with E-state index in [0.29, 0.717) is 6.42 Å². The van der Waals surface area contributed by atoms with Gasteiger partial charge in [0.05, 0.1) is 0 Å². The second kappa shape index (κ2) is 3.37. The smallest absolute Gasteiger partial charge is 0.165 e. The van der Waals surface area contributed by atoms with Gasteiger partial charge in [0.2, 0.25) is 0 Å². The Kier molecular flexibility index (Phi) is 2.29. The van der Waals surface area contributed by atoms with Gasteiger partial charge in [0.15, 0.2) is 5.78 Å². The van der Waals surface area contributed by atoms with Gasteiger partial charge in [0.25, 0.3) is 0 Å². The molecule has 0 saturated carbocycles. The lowest BCUT2D eigenvalue weighted by Gasteiger charge is -2.29. The van der Waals surface area contributed by atoms with Crippen LogP contribution in [-0.4, -0.2) is 10.4 Å². The summed E-state index contributed by atoms with van der Waals surface area (Å²) >= 11 is 0. The molecule has 2 rings (SSSR count). The van der Waals surface area contributed by atoms with Gasteiger partial charge in [-0.2, -0.15) is 0 Å². The molecule has 80 valence electrons. The third-order valence-corrected chi connectivity index (χ3v) is 2.99. The zero-order valence-electron chi connectivity index (χ0n) is 9.42. The van der Waals surface area contributed by atoms with Gasteiger partial charge < -0.3 is 4.57 Å². The quantitative estimate of drug-likeness (QED) is 0.677. The summed E-state index contributed by atoms with van der Waals surface area (Å²) in [6.45, 7) is 8.83. The van der Waals surface area contributed by atoms with Crippen LogP contribution in [0.4, 0.5) is 0 Å². The summed E-state index contributed by atoms with van der Waals surface area (Å²) in [4.78, 5) is 11.9. The molecule has 0 bridgehead atoms. The molecule has 0 aromatic carbocycles. The molecule has 2 heteroatoms. The number of hydrogen-bond acceptors (Lipinski definition) is 1. The van der Waals surface area contributed by atoms with Crippen LogP contribution in [0.2, 0.25) is 0 Å². The minimum absolute atomic E-state index is 0.0986. The molecule has 2 nitrogen and oxygen atoms in total. The summed E-state index contributed by atoms with van der Waals surface area (Å²) in [5, 5.41) is 0. The van der Waals surface area contributed by atoms with E-state index in [1.54, 1.807) is 0 Å². The van der Waals surface area contributed by atoms with Gasteiger partial charge in [-0.15, -0.1) is 6.58 Å². The van der Waals surface area contributed by atoms with Gasteiger partial charge in [-0.1, -0.05) is 19.9 Å². The first-order chi connectivity index (χ1) is 7.03. The van der Waals surface area contributed by atoms with E-state index in [0.717, 1.165) is 18.5 Å². The number of hydrogen-bond donors (Lipinski definition) is 0. The van der Waals surface area contributed by atoms with Gasteiger partial charge in [-0.3, -0.25) is 4.79 Å². The number of carbonyl (C=O) groups excluding carboxylic acids is 1. The Labute approximate surface area is 90.6 Å². The molecule has 1 heterocycles. The predicted octanol–water partition coefficient (Wildman–Crippen LogP) is 2.83. The molecule has 0 amide bonds. The fraction of sp³-hybridized carbons (Fsp3) is 0.462. The lowest BCUT2D eigenvalue weighted by molar-refractivity contribution is 0.0910. The molecule has 0 saturated heterocycles.